The SMILES string of the molecule is COc1cccc(CCCNC(=O)[C@@H]2CC(=O)N[C@@H](CC(C)C)C(=O)N[C@H](C)COc3ccccc3C(=O)N2)c1. The van der Waals surface area contributed by atoms with Crippen molar-refractivity contribution in [2.75, 3.05) is 20.3 Å². The van der Waals surface area contributed by atoms with E-state index >= 15 is 0 Å². The molecule has 0 spiro atoms. The van der Waals surface area contributed by atoms with E-state index in [0.29, 0.717) is 31.6 Å². The summed E-state index contributed by atoms with van der Waals surface area (Å²) in [5.74, 6) is -0.642. The van der Waals surface area contributed by atoms with Crippen molar-refractivity contribution < 1.29 is 28.7 Å². The van der Waals surface area contributed by atoms with Crippen LogP contribution in [0, 0.1) is 5.92 Å². The zero-order valence-electron chi connectivity index (χ0n) is 23.6. The van der Waals surface area contributed by atoms with Crippen LogP contribution in [0.1, 0.15) is 56.0 Å². The predicted molar refractivity (Wildman–Crippen MR) is 151 cm³/mol. The number of ether oxygens (including phenoxy) is 2. The number of nitrogens with one attached hydrogen (secondary N) is 4. The third-order valence-corrected chi connectivity index (χ3v) is 6.45. The number of hydrogen-bond acceptors (Lipinski definition) is 6. The van der Waals surface area contributed by atoms with E-state index < -0.39 is 29.8 Å². The topological polar surface area (TPSA) is 135 Å². The van der Waals surface area contributed by atoms with Crippen molar-refractivity contribution in [3.05, 3.63) is 59.7 Å². The molecule has 3 atom stereocenters. The summed E-state index contributed by atoms with van der Waals surface area (Å²) in [5.41, 5.74) is 1.30. The number of hydrogen-bond donors (Lipinski definition) is 4. The first-order chi connectivity index (χ1) is 19.2. The number of para-hydroxylation sites is 1. The third-order valence-electron chi connectivity index (χ3n) is 6.45. The number of carbonyl (C=O) groups excluding carboxylic acids is 4. The summed E-state index contributed by atoms with van der Waals surface area (Å²) in [6.07, 6.45) is 1.46. The largest absolute Gasteiger partial charge is 0.497 e. The van der Waals surface area contributed by atoms with E-state index in [1.807, 2.05) is 38.1 Å². The Morgan fingerprint density at radius 3 is 2.60 bits per heavy atom. The van der Waals surface area contributed by atoms with Crippen molar-refractivity contribution in [3.63, 3.8) is 0 Å². The fourth-order valence-electron chi connectivity index (χ4n) is 4.42. The number of aryl methyl sites for hydroxylation is 1. The zero-order chi connectivity index (χ0) is 29.1. The van der Waals surface area contributed by atoms with Crippen LogP contribution in [0.2, 0.25) is 0 Å². The molecule has 0 saturated carbocycles. The monoisotopic (exact) mass is 552 g/mol. The van der Waals surface area contributed by atoms with Crippen LogP contribution in [0.4, 0.5) is 0 Å². The van der Waals surface area contributed by atoms with Gasteiger partial charge in [0, 0.05) is 6.54 Å². The molecule has 0 aromatic heterocycles. The van der Waals surface area contributed by atoms with Crippen molar-refractivity contribution in [2.45, 2.75) is 64.6 Å². The van der Waals surface area contributed by atoms with Gasteiger partial charge in [-0.15, -0.1) is 0 Å². The second-order valence-corrected chi connectivity index (χ2v) is 10.4. The zero-order valence-corrected chi connectivity index (χ0v) is 23.6. The Kier molecular flexibility index (Phi) is 11.4. The molecule has 0 saturated heterocycles. The first-order valence-corrected chi connectivity index (χ1v) is 13.7. The molecule has 1 aliphatic heterocycles. The first-order valence-electron chi connectivity index (χ1n) is 13.7. The lowest BCUT2D eigenvalue weighted by Crippen LogP contribution is -2.54. The van der Waals surface area contributed by atoms with Crippen LogP contribution >= 0.6 is 0 Å². The fourth-order valence-corrected chi connectivity index (χ4v) is 4.42. The van der Waals surface area contributed by atoms with Gasteiger partial charge in [-0.05, 0) is 61.9 Å². The average Bonchev–Trinajstić information content (AvgIpc) is 2.92. The summed E-state index contributed by atoms with van der Waals surface area (Å²) in [6, 6.07) is 12.0. The smallest absolute Gasteiger partial charge is 0.255 e. The maximum atomic E-state index is 13.2. The van der Waals surface area contributed by atoms with E-state index in [-0.39, 0.29) is 36.5 Å². The molecule has 3 rings (SSSR count). The molecule has 40 heavy (non-hydrogen) atoms. The molecule has 4 N–H and O–H groups in total. The molecule has 0 radical (unpaired) electrons. The van der Waals surface area contributed by atoms with Crippen molar-refractivity contribution in [2.24, 2.45) is 5.92 Å². The van der Waals surface area contributed by atoms with E-state index in [4.69, 9.17) is 9.47 Å². The van der Waals surface area contributed by atoms with Crippen molar-refractivity contribution >= 4 is 23.6 Å². The summed E-state index contributed by atoms with van der Waals surface area (Å²) < 4.78 is 11.1. The molecule has 216 valence electrons. The van der Waals surface area contributed by atoms with Crippen LogP contribution in [0.15, 0.2) is 48.5 Å². The number of carbonyl (C=O) groups is 4. The van der Waals surface area contributed by atoms with E-state index in [2.05, 4.69) is 21.3 Å². The molecule has 1 heterocycles. The maximum absolute atomic E-state index is 13.2. The van der Waals surface area contributed by atoms with Gasteiger partial charge < -0.3 is 30.7 Å². The molecule has 0 fully saturated rings. The van der Waals surface area contributed by atoms with Gasteiger partial charge in [-0.1, -0.05) is 38.1 Å². The summed E-state index contributed by atoms with van der Waals surface area (Å²) in [4.78, 5) is 52.5. The minimum Gasteiger partial charge on any atom is -0.497 e. The number of benzene rings is 2. The highest BCUT2D eigenvalue weighted by atomic mass is 16.5. The highest BCUT2D eigenvalue weighted by Gasteiger charge is 2.29. The first kappa shape index (κ1) is 30.5. The van der Waals surface area contributed by atoms with Crippen LogP contribution < -0.4 is 30.7 Å². The molecule has 2 aromatic carbocycles. The van der Waals surface area contributed by atoms with Crippen LogP contribution in [-0.4, -0.2) is 62.0 Å². The van der Waals surface area contributed by atoms with Gasteiger partial charge in [0.1, 0.15) is 30.2 Å². The van der Waals surface area contributed by atoms with Gasteiger partial charge in [-0.3, -0.25) is 19.2 Å². The van der Waals surface area contributed by atoms with Crippen LogP contribution in [-0.2, 0) is 20.8 Å². The molecular weight excluding hydrogens is 512 g/mol. The Labute approximate surface area is 235 Å². The Morgan fingerprint density at radius 1 is 1.07 bits per heavy atom. The Balaban J connectivity index is 1.75. The summed E-state index contributed by atoms with van der Waals surface area (Å²) >= 11 is 0. The number of fused-ring (bicyclic) bond motifs is 1. The van der Waals surface area contributed by atoms with Gasteiger partial charge in [-0.25, -0.2) is 0 Å². The minimum atomic E-state index is -1.15. The Hall–Kier alpha value is -4.08. The summed E-state index contributed by atoms with van der Waals surface area (Å²) in [5, 5.41) is 11.2. The van der Waals surface area contributed by atoms with E-state index in [1.165, 1.54) is 0 Å². The molecule has 0 bridgehead atoms. The number of amides is 4. The van der Waals surface area contributed by atoms with Gasteiger partial charge in [0.2, 0.25) is 17.7 Å². The quantitative estimate of drug-likeness (QED) is 0.372. The summed E-state index contributed by atoms with van der Waals surface area (Å²) in [7, 11) is 1.61. The van der Waals surface area contributed by atoms with E-state index in [1.54, 1.807) is 38.3 Å². The third kappa shape index (κ3) is 9.29. The lowest BCUT2D eigenvalue weighted by molar-refractivity contribution is -0.131. The molecule has 1 aliphatic rings. The molecule has 10 nitrogen and oxygen atoms in total. The predicted octanol–water partition coefficient (Wildman–Crippen LogP) is 2.36. The Bertz CT molecular complexity index is 1180. The molecule has 0 unspecified atom stereocenters. The standard InChI is InChI=1S/C30H40N4O6/c1-19(2)15-24-30(38)32-20(3)18-40-26-13-6-5-12-23(26)28(36)34-25(17-27(35)33-24)29(37)31-14-8-10-21-9-7-11-22(16-21)39-4/h5-7,9,11-13,16,19-20,24-25H,8,10,14-15,17-18H2,1-4H3,(H,31,37)(H,32,38)(H,33,35)(H,34,36)/t20-,24+,25+/m1/s1. The molecule has 2 aromatic rings. The highest BCUT2D eigenvalue weighted by molar-refractivity contribution is 6.01. The maximum Gasteiger partial charge on any atom is 0.255 e. The number of methoxy groups -OCH3 is 1. The van der Waals surface area contributed by atoms with Crippen LogP contribution in [0.25, 0.3) is 0 Å². The van der Waals surface area contributed by atoms with Gasteiger partial charge in [-0.2, -0.15) is 0 Å². The average molecular weight is 553 g/mol. The molecule has 0 aliphatic carbocycles. The van der Waals surface area contributed by atoms with Crippen LogP contribution in [0.5, 0.6) is 11.5 Å². The molecule has 10 heteroatoms. The van der Waals surface area contributed by atoms with E-state index in [0.717, 1.165) is 11.3 Å². The second kappa shape index (κ2) is 14.9. The molecular formula is C30H40N4O6. The normalized spacial score (nSPS) is 20.2. The van der Waals surface area contributed by atoms with Gasteiger partial charge >= 0.3 is 0 Å². The van der Waals surface area contributed by atoms with Gasteiger partial charge in [0.15, 0.2) is 0 Å². The van der Waals surface area contributed by atoms with Crippen molar-refractivity contribution in [3.8, 4) is 11.5 Å². The van der Waals surface area contributed by atoms with Crippen LogP contribution in [0.3, 0.4) is 0 Å². The number of rotatable bonds is 8. The lowest BCUT2D eigenvalue weighted by atomic mass is 10.0. The van der Waals surface area contributed by atoms with Crippen molar-refractivity contribution in [1.82, 2.24) is 21.3 Å². The van der Waals surface area contributed by atoms with Crippen molar-refractivity contribution in [1.29, 1.82) is 0 Å². The molecule has 4 amide bonds. The van der Waals surface area contributed by atoms with Gasteiger partial charge in [0.05, 0.1) is 25.1 Å². The highest BCUT2D eigenvalue weighted by Crippen LogP contribution is 2.19. The lowest BCUT2D eigenvalue weighted by Gasteiger charge is -2.25. The van der Waals surface area contributed by atoms with E-state index in [9.17, 15) is 19.2 Å². The second-order valence-electron chi connectivity index (χ2n) is 10.4. The Morgan fingerprint density at radius 2 is 1.85 bits per heavy atom. The summed E-state index contributed by atoms with van der Waals surface area (Å²) in [6.45, 7) is 6.16. The fraction of sp³-hybridized carbons (Fsp3) is 0.467. The minimum absolute atomic E-state index is 0.121. The van der Waals surface area contributed by atoms with Gasteiger partial charge in [0.25, 0.3) is 5.91 Å².